The minimum absolute atomic E-state index is 0.112. The minimum Gasteiger partial charge on any atom is -0.376 e. The zero-order valence-corrected chi connectivity index (χ0v) is 13.9. The highest BCUT2D eigenvalue weighted by Crippen LogP contribution is 2.22. The number of aromatic nitrogens is 1. The van der Waals surface area contributed by atoms with Crippen LogP contribution in [0.15, 0.2) is 30.5 Å². The van der Waals surface area contributed by atoms with Crippen LogP contribution in [0.2, 0.25) is 0 Å². The molecule has 2 aromatic rings. The molecule has 5 nitrogen and oxygen atoms in total. The van der Waals surface area contributed by atoms with E-state index in [4.69, 9.17) is 9.47 Å². The predicted octanol–water partition coefficient (Wildman–Crippen LogP) is 2.97. The molecule has 3 heterocycles. The number of hydrogen-bond donors (Lipinski definition) is 1. The van der Waals surface area contributed by atoms with Crippen LogP contribution in [0, 0.1) is 0 Å². The molecule has 1 N–H and O–H groups in total. The van der Waals surface area contributed by atoms with Crippen molar-refractivity contribution in [3.8, 4) is 0 Å². The average molecular weight is 328 g/mol. The molecule has 0 aliphatic carbocycles. The van der Waals surface area contributed by atoms with Gasteiger partial charge in [0.05, 0.1) is 29.9 Å². The third kappa shape index (κ3) is 3.19. The van der Waals surface area contributed by atoms with Crippen LogP contribution >= 0.6 is 0 Å². The summed E-state index contributed by atoms with van der Waals surface area (Å²) in [4.78, 5) is 18.0. The van der Waals surface area contributed by atoms with E-state index >= 15 is 0 Å². The zero-order valence-electron chi connectivity index (χ0n) is 13.9. The van der Waals surface area contributed by atoms with Gasteiger partial charge in [-0.2, -0.15) is 0 Å². The van der Waals surface area contributed by atoms with Crippen LogP contribution in [0.1, 0.15) is 36.0 Å². The number of likely N-dealkylation sites (tertiary alicyclic amines) is 1. The van der Waals surface area contributed by atoms with E-state index in [1.807, 2.05) is 35.4 Å². The summed E-state index contributed by atoms with van der Waals surface area (Å²) in [6, 6.07) is 7.87. The maximum atomic E-state index is 12.8. The lowest BCUT2D eigenvalue weighted by molar-refractivity contribution is -0.0395. The number of nitrogens with zero attached hydrogens (tertiary/aromatic N) is 1. The first-order valence-electron chi connectivity index (χ1n) is 8.90. The largest absolute Gasteiger partial charge is 0.376 e. The van der Waals surface area contributed by atoms with Gasteiger partial charge in [0.2, 0.25) is 0 Å². The van der Waals surface area contributed by atoms with Gasteiger partial charge in [0.25, 0.3) is 5.91 Å². The average Bonchev–Trinajstić information content (AvgIpc) is 3.31. The summed E-state index contributed by atoms with van der Waals surface area (Å²) in [6.07, 6.45) is 6.46. The van der Waals surface area contributed by atoms with Crippen molar-refractivity contribution in [3.63, 3.8) is 0 Å². The first kappa shape index (κ1) is 15.7. The van der Waals surface area contributed by atoms with Gasteiger partial charge < -0.3 is 19.4 Å². The second kappa shape index (κ2) is 6.95. The molecule has 2 fully saturated rings. The summed E-state index contributed by atoms with van der Waals surface area (Å²) in [5.41, 5.74) is 1.69. The van der Waals surface area contributed by atoms with Gasteiger partial charge >= 0.3 is 0 Å². The summed E-state index contributed by atoms with van der Waals surface area (Å²) in [6.45, 7) is 3.07. The highest BCUT2D eigenvalue weighted by molar-refractivity contribution is 6.05. The van der Waals surface area contributed by atoms with Crippen LogP contribution in [0.25, 0.3) is 10.9 Å². The first-order chi connectivity index (χ1) is 11.8. The molecule has 2 aliphatic heterocycles. The molecule has 1 aromatic carbocycles. The molecule has 1 atom stereocenters. The monoisotopic (exact) mass is 328 g/mol. The normalized spacial score (nSPS) is 22.3. The molecule has 0 saturated carbocycles. The Hall–Kier alpha value is -1.85. The summed E-state index contributed by atoms with van der Waals surface area (Å²) in [7, 11) is 0. The second-order valence-electron chi connectivity index (χ2n) is 6.71. The molecule has 128 valence electrons. The molecule has 2 saturated heterocycles. The lowest BCUT2D eigenvalue weighted by atomic mass is 10.0. The smallest absolute Gasteiger partial charge is 0.255 e. The number of hydrogen-bond acceptors (Lipinski definition) is 3. The fourth-order valence-electron chi connectivity index (χ4n) is 3.68. The minimum atomic E-state index is 0.112. The van der Waals surface area contributed by atoms with Gasteiger partial charge in [-0.25, -0.2) is 0 Å². The van der Waals surface area contributed by atoms with Crippen molar-refractivity contribution in [1.82, 2.24) is 9.88 Å². The number of nitrogens with one attached hydrogen (secondary N) is 1. The lowest BCUT2D eigenvalue weighted by Crippen LogP contribution is -2.41. The van der Waals surface area contributed by atoms with E-state index in [-0.39, 0.29) is 18.1 Å². The second-order valence-corrected chi connectivity index (χ2v) is 6.71. The molecule has 2 aliphatic rings. The quantitative estimate of drug-likeness (QED) is 0.939. The fraction of sp³-hybridized carbons (Fsp3) is 0.526. The van der Waals surface area contributed by atoms with E-state index in [0.717, 1.165) is 61.8 Å². The first-order valence-corrected chi connectivity index (χ1v) is 8.90. The van der Waals surface area contributed by atoms with Crippen LogP contribution in [0.4, 0.5) is 0 Å². The number of rotatable bonds is 4. The van der Waals surface area contributed by atoms with Crippen molar-refractivity contribution in [2.24, 2.45) is 0 Å². The van der Waals surface area contributed by atoms with Crippen molar-refractivity contribution >= 4 is 16.8 Å². The number of benzene rings is 1. The number of ether oxygens (including phenoxy) is 2. The Morgan fingerprint density at radius 1 is 1.25 bits per heavy atom. The van der Waals surface area contributed by atoms with Gasteiger partial charge in [0.15, 0.2) is 0 Å². The van der Waals surface area contributed by atoms with Crippen molar-refractivity contribution < 1.29 is 14.3 Å². The summed E-state index contributed by atoms with van der Waals surface area (Å²) >= 11 is 0. The number of fused-ring (bicyclic) bond motifs is 1. The Labute approximate surface area is 141 Å². The fourth-order valence-corrected chi connectivity index (χ4v) is 3.68. The van der Waals surface area contributed by atoms with Gasteiger partial charge in [-0.15, -0.1) is 0 Å². The number of aromatic amines is 1. The van der Waals surface area contributed by atoms with Crippen molar-refractivity contribution in [3.05, 3.63) is 36.0 Å². The third-order valence-electron chi connectivity index (χ3n) is 5.09. The van der Waals surface area contributed by atoms with Crippen LogP contribution in [-0.4, -0.2) is 54.3 Å². The van der Waals surface area contributed by atoms with E-state index in [1.165, 1.54) is 0 Å². The van der Waals surface area contributed by atoms with Gasteiger partial charge in [0, 0.05) is 31.3 Å². The molecular formula is C19H24N2O3. The molecule has 1 amide bonds. The highest BCUT2D eigenvalue weighted by Gasteiger charge is 2.26. The van der Waals surface area contributed by atoms with Crippen molar-refractivity contribution in [2.75, 3.05) is 26.3 Å². The molecule has 0 bridgehead atoms. The molecule has 4 rings (SSSR count). The summed E-state index contributed by atoms with van der Waals surface area (Å²) in [5.74, 6) is 0.112. The number of para-hydroxylation sites is 1. The molecule has 1 aromatic heterocycles. The molecular weight excluding hydrogens is 304 g/mol. The van der Waals surface area contributed by atoms with Gasteiger partial charge in [-0.3, -0.25) is 4.79 Å². The Bertz CT molecular complexity index is 697. The van der Waals surface area contributed by atoms with Crippen LogP contribution in [0.3, 0.4) is 0 Å². The summed E-state index contributed by atoms with van der Waals surface area (Å²) in [5, 5.41) is 1.08. The van der Waals surface area contributed by atoms with Gasteiger partial charge in [0.1, 0.15) is 0 Å². The molecule has 0 spiro atoms. The number of carbonyl (C=O) groups is 1. The number of H-pyrrole nitrogens is 1. The van der Waals surface area contributed by atoms with E-state index in [9.17, 15) is 4.79 Å². The lowest BCUT2D eigenvalue weighted by Gasteiger charge is -2.32. The summed E-state index contributed by atoms with van der Waals surface area (Å²) < 4.78 is 11.6. The van der Waals surface area contributed by atoms with E-state index in [1.54, 1.807) is 0 Å². The Morgan fingerprint density at radius 3 is 2.92 bits per heavy atom. The Kier molecular flexibility index (Phi) is 4.54. The molecule has 5 heteroatoms. The van der Waals surface area contributed by atoms with Gasteiger partial charge in [-0.05, 0) is 37.8 Å². The maximum absolute atomic E-state index is 12.8. The van der Waals surface area contributed by atoms with Crippen LogP contribution in [0.5, 0.6) is 0 Å². The standard InChI is InChI=1S/C19H24N2O3/c22-19(17-5-1-3-14-6-9-20-18(14)17)21-10-7-15(8-11-21)24-13-16-4-2-12-23-16/h1,3,5-6,9,15-16,20H,2,4,7-8,10-13H2. The molecule has 0 radical (unpaired) electrons. The number of carbonyl (C=O) groups excluding carboxylic acids is 1. The topological polar surface area (TPSA) is 54.6 Å². The van der Waals surface area contributed by atoms with E-state index in [0.29, 0.717) is 6.61 Å². The third-order valence-corrected chi connectivity index (χ3v) is 5.09. The van der Waals surface area contributed by atoms with Crippen LogP contribution < -0.4 is 0 Å². The van der Waals surface area contributed by atoms with Crippen molar-refractivity contribution in [2.45, 2.75) is 37.9 Å². The van der Waals surface area contributed by atoms with Gasteiger partial charge in [-0.1, -0.05) is 12.1 Å². The van der Waals surface area contributed by atoms with Crippen molar-refractivity contribution in [1.29, 1.82) is 0 Å². The van der Waals surface area contributed by atoms with E-state index in [2.05, 4.69) is 4.98 Å². The predicted molar refractivity (Wildman–Crippen MR) is 92.2 cm³/mol. The number of piperidine rings is 1. The number of amides is 1. The molecule has 24 heavy (non-hydrogen) atoms. The highest BCUT2D eigenvalue weighted by atomic mass is 16.5. The van der Waals surface area contributed by atoms with E-state index < -0.39 is 0 Å². The molecule has 1 unspecified atom stereocenters. The maximum Gasteiger partial charge on any atom is 0.255 e. The Balaban J connectivity index is 1.33. The Morgan fingerprint density at radius 2 is 2.12 bits per heavy atom. The van der Waals surface area contributed by atoms with Crippen LogP contribution in [-0.2, 0) is 9.47 Å². The SMILES string of the molecule is O=C(c1cccc2cc[nH]c12)N1CCC(OCC2CCCO2)CC1. The zero-order chi connectivity index (χ0) is 16.4.